The third kappa shape index (κ3) is 5.34. The number of benzene rings is 2. The first-order chi connectivity index (χ1) is 13.2. The molecule has 27 heavy (non-hydrogen) atoms. The van der Waals surface area contributed by atoms with Crippen molar-refractivity contribution in [3.05, 3.63) is 70.8 Å². The molecule has 1 saturated carbocycles. The Morgan fingerprint density at radius 2 is 1.85 bits per heavy atom. The van der Waals surface area contributed by atoms with Gasteiger partial charge in [-0.25, -0.2) is 0 Å². The number of nitrogens with zero attached hydrogens (tertiary/aromatic N) is 1. The first-order valence-corrected chi connectivity index (χ1v) is 9.98. The molecular weight excluding hydrogens is 358 g/mol. The SMILES string of the molecule is N#Cc1cc(CC(Cl)C(=O)OCc2ccccc2)ccc1C1CCCCC1. The summed E-state index contributed by atoms with van der Waals surface area (Å²) in [6.07, 6.45) is 6.41. The molecule has 1 atom stereocenters. The van der Waals surface area contributed by atoms with E-state index in [4.69, 9.17) is 16.3 Å². The van der Waals surface area contributed by atoms with Crippen molar-refractivity contribution in [3.63, 3.8) is 0 Å². The number of nitriles is 1. The lowest BCUT2D eigenvalue weighted by Crippen LogP contribution is -2.20. The summed E-state index contributed by atoms with van der Waals surface area (Å²) in [7, 11) is 0. The van der Waals surface area contributed by atoms with Crippen LogP contribution < -0.4 is 0 Å². The molecule has 2 aromatic rings. The van der Waals surface area contributed by atoms with Gasteiger partial charge in [0.05, 0.1) is 11.6 Å². The maximum absolute atomic E-state index is 12.2. The normalized spacial score (nSPS) is 15.7. The predicted octanol–water partition coefficient (Wildman–Crippen LogP) is 5.50. The molecule has 140 valence electrons. The Morgan fingerprint density at radius 1 is 1.11 bits per heavy atom. The van der Waals surface area contributed by atoms with E-state index in [1.807, 2.05) is 48.5 Å². The summed E-state index contributed by atoms with van der Waals surface area (Å²) >= 11 is 6.26. The molecule has 0 saturated heterocycles. The lowest BCUT2D eigenvalue weighted by atomic mass is 9.81. The minimum Gasteiger partial charge on any atom is -0.460 e. The van der Waals surface area contributed by atoms with Crippen molar-refractivity contribution in [2.75, 3.05) is 0 Å². The average molecular weight is 382 g/mol. The summed E-state index contributed by atoms with van der Waals surface area (Å²) in [6.45, 7) is 0.215. The summed E-state index contributed by atoms with van der Waals surface area (Å²) in [5, 5.41) is 8.79. The number of esters is 1. The molecule has 0 aromatic heterocycles. The standard InChI is InChI=1S/C23H24ClNO2/c24-22(23(26)27-16-17-7-3-1-4-8-17)14-18-11-12-21(20(13-18)15-25)19-9-5-2-6-10-19/h1,3-4,7-8,11-13,19,22H,2,5-6,9-10,14,16H2. The monoisotopic (exact) mass is 381 g/mol. The van der Waals surface area contributed by atoms with E-state index in [9.17, 15) is 10.1 Å². The van der Waals surface area contributed by atoms with Crippen LogP contribution in [0.2, 0.25) is 0 Å². The number of halogens is 1. The molecule has 1 aliphatic rings. The molecule has 0 N–H and O–H groups in total. The molecule has 0 radical (unpaired) electrons. The van der Waals surface area contributed by atoms with Crippen molar-refractivity contribution in [3.8, 4) is 6.07 Å². The number of carbonyl (C=O) groups excluding carboxylic acids is 1. The van der Waals surface area contributed by atoms with E-state index in [2.05, 4.69) is 6.07 Å². The molecular formula is C23H24ClNO2. The maximum Gasteiger partial charge on any atom is 0.324 e. The molecule has 1 unspecified atom stereocenters. The molecule has 1 aliphatic carbocycles. The van der Waals surface area contributed by atoms with Gasteiger partial charge in [0, 0.05) is 0 Å². The number of hydrogen-bond donors (Lipinski definition) is 0. The van der Waals surface area contributed by atoms with E-state index in [1.54, 1.807) is 0 Å². The number of hydrogen-bond acceptors (Lipinski definition) is 3. The highest BCUT2D eigenvalue weighted by Crippen LogP contribution is 2.34. The molecule has 4 heteroatoms. The van der Waals surface area contributed by atoms with Crippen molar-refractivity contribution >= 4 is 17.6 Å². The van der Waals surface area contributed by atoms with Crippen LogP contribution in [-0.2, 0) is 22.6 Å². The van der Waals surface area contributed by atoms with Gasteiger partial charge < -0.3 is 4.74 Å². The van der Waals surface area contributed by atoms with Crippen molar-refractivity contribution in [2.24, 2.45) is 0 Å². The molecule has 2 aromatic carbocycles. The Kier molecular flexibility index (Phi) is 6.90. The molecule has 0 heterocycles. The Labute approximate surface area is 165 Å². The first kappa shape index (κ1) is 19.5. The molecule has 0 bridgehead atoms. The zero-order chi connectivity index (χ0) is 19.1. The molecule has 0 amide bonds. The van der Waals surface area contributed by atoms with Crippen LogP contribution in [0.15, 0.2) is 48.5 Å². The first-order valence-electron chi connectivity index (χ1n) is 9.55. The molecule has 1 fully saturated rings. The molecule has 0 aliphatic heterocycles. The predicted molar refractivity (Wildman–Crippen MR) is 107 cm³/mol. The second-order valence-electron chi connectivity index (χ2n) is 7.13. The smallest absolute Gasteiger partial charge is 0.324 e. The fraction of sp³-hybridized carbons (Fsp3) is 0.391. The van der Waals surface area contributed by atoms with Gasteiger partial charge in [-0.05, 0) is 47.9 Å². The summed E-state index contributed by atoms with van der Waals surface area (Å²) in [6, 6.07) is 17.8. The highest BCUT2D eigenvalue weighted by Gasteiger charge is 2.21. The van der Waals surface area contributed by atoms with Crippen molar-refractivity contribution in [1.29, 1.82) is 5.26 Å². The van der Waals surface area contributed by atoms with E-state index < -0.39 is 11.3 Å². The lowest BCUT2D eigenvalue weighted by molar-refractivity contribution is -0.144. The quantitative estimate of drug-likeness (QED) is 0.490. The molecule has 3 nitrogen and oxygen atoms in total. The number of ether oxygens (including phenoxy) is 1. The Morgan fingerprint density at radius 3 is 2.56 bits per heavy atom. The van der Waals surface area contributed by atoms with Gasteiger partial charge >= 0.3 is 5.97 Å². The third-order valence-electron chi connectivity index (χ3n) is 5.18. The van der Waals surface area contributed by atoms with Crippen LogP contribution in [0.5, 0.6) is 0 Å². The fourth-order valence-corrected chi connectivity index (χ4v) is 3.95. The zero-order valence-corrected chi connectivity index (χ0v) is 16.1. The van der Waals surface area contributed by atoms with E-state index >= 15 is 0 Å². The minimum absolute atomic E-state index is 0.215. The van der Waals surface area contributed by atoms with E-state index in [0.29, 0.717) is 17.9 Å². The van der Waals surface area contributed by atoms with Gasteiger partial charge in [-0.3, -0.25) is 4.79 Å². The van der Waals surface area contributed by atoms with Crippen LogP contribution in [0.1, 0.15) is 60.3 Å². The van der Waals surface area contributed by atoms with Gasteiger partial charge in [-0.2, -0.15) is 5.26 Å². The number of rotatable bonds is 6. The van der Waals surface area contributed by atoms with Gasteiger partial charge in [-0.15, -0.1) is 11.6 Å². The summed E-state index contributed by atoms with van der Waals surface area (Å²) < 4.78 is 5.30. The van der Waals surface area contributed by atoms with E-state index in [1.165, 1.54) is 19.3 Å². The Hall–Kier alpha value is -2.31. The minimum atomic E-state index is -0.763. The highest BCUT2D eigenvalue weighted by molar-refractivity contribution is 6.30. The van der Waals surface area contributed by atoms with E-state index in [-0.39, 0.29) is 6.61 Å². The van der Waals surface area contributed by atoms with Crippen molar-refractivity contribution in [2.45, 2.75) is 56.4 Å². The number of alkyl halides is 1. The largest absolute Gasteiger partial charge is 0.460 e. The van der Waals surface area contributed by atoms with Crippen LogP contribution in [0.25, 0.3) is 0 Å². The maximum atomic E-state index is 12.2. The van der Waals surface area contributed by atoms with Crippen LogP contribution in [0.3, 0.4) is 0 Å². The van der Waals surface area contributed by atoms with Gasteiger partial charge in [-0.1, -0.05) is 61.7 Å². The van der Waals surface area contributed by atoms with Crippen LogP contribution >= 0.6 is 11.6 Å². The van der Waals surface area contributed by atoms with Gasteiger partial charge in [0.1, 0.15) is 12.0 Å². The Bertz CT molecular complexity index is 807. The van der Waals surface area contributed by atoms with Crippen LogP contribution in [0.4, 0.5) is 0 Å². The summed E-state index contributed by atoms with van der Waals surface area (Å²) in [5.41, 5.74) is 3.67. The molecule has 3 rings (SSSR count). The second kappa shape index (κ2) is 9.58. The van der Waals surface area contributed by atoms with Gasteiger partial charge in [0.2, 0.25) is 0 Å². The van der Waals surface area contributed by atoms with Gasteiger partial charge in [0.15, 0.2) is 0 Å². The third-order valence-corrected chi connectivity index (χ3v) is 5.51. The lowest BCUT2D eigenvalue weighted by Gasteiger charge is -2.23. The van der Waals surface area contributed by atoms with Crippen LogP contribution in [-0.4, -0.2) is 11.3 Å². The second-order valence-corrected chi connectivity index (χ2v) is 7.66. The summed E-state index contributed by atoms with van der Waals surface area (Å²) in [5.74, 6) is 0.0421. The number of carbonyl (C=O) groups is 1. The van der Waals surface area contributed by atoms with Crippen molar-refractivity contribution < 1.29 is 9.53 Å². The van der Waals surface area contributed by atoms with E-state index in [0.717, 1.165) is 29.5 Å². The van der Waals surface area contributed by atoms with Crippen LogP contribution in [0, 0.1) is 11.3 Å². The van der Waals surface area contributed by atoms with Crippen molar-refractivity contribution in [1.82, 2.24) is 0 Å². The molecule has 0 spiro atoms. The zero-order valence-electron chi connectivity index (χ0n) is 15.4. The average Bonchev–Trinajstić information content (AvgIpc) is 2.73. The fourth-order valence-electron chi connectivity index (χ4n) is 3.71. The Balaban J connectivity index is 1.60. The topological polar surface area (TPSA) is 50.1 Å². The summed E-state index contributed by atoms with van der Waals surface area (Å²) in [4.78, 5) is 12.2. The highest BCUT2D eigenvalue weighted by atomic mass is 35.5. The van der Waals surface area contributed by atoms with Gasteiger partial charge in [0.25, 0.3) is 0 Å².